The maximum absolute atomic E-state index is 11.6. The second kappa shape index (κ2) is 6.01. The van der Waals surface area contributed by atoms with Crippen LogP contribution in [0.2, 0.25) is 0 Å². The third-order valence-electron chi connectivity index (χ3n) is 4.04. The second-order valence-corrected chi connectivity index (χ2v) is 5.51. The van der Waals surface area contributed by atoms with Crippen molar-refractivity contribution in [2.45, 2.75) is 25.8 Å². The third-order valence-corrected chi connectivity index (χ3v) is 4.04. The quantitative estimate of drug-likeness (QED) is 0.903. The minimum absolute atomic E-state index is 0.0995. The summed E-state index contributed by atoms with van der Waals surface area (Å²) in [5.41, 5.74) is 1.78. The normalized spacial score (nSPS) is 16.3. The standard InChI is InChI=1S/C18H16N2O3/c1-12-7-9-15-16(20(12)18(21)22)10-8-13(11-19)17(15)23-14-5-3-2-4-6-14/h2-6,8,10,12H,7,9H2,1H3,(H,21,22)/t12-/m0/s1. The molecule has 2 aromatic rings. The number of rotatable bonds is 2. The predicted octanol–water partition coefficient (Wildman–Crippen LogP) is 4.17. The van der Waals surface area contributed by atoms with E-state index in [-0.39, 0.29) is 6.04 Å². The molecule has 23 heavy (non-hydrogen) atoms. The van der Waals surface area contributed by atoms with Gasteiger partial charge in [0.2, 0.25) is 0 Å². The van der Waals surface area contributed by atoms with E-state index in [1.807, 2.05) is 25.1 Å². The third kappa shape index (κ3) is 2.71. The molecule has 1 heterocycles. The topological polar surface area (TPSA) is 73.6 Å². The number of nitriles is 1. The summed E-state index contributed by atoms with van der Waals surface area (Å²) >= 11 is 0. The average Bonchev–Trinajstić information content (AvgIpc) is 2.55. The van der Waals surface area contributed by atoms with E-state index in [4.69, 9.17) is 4.74 Å². The molecular weight excluding hydrogens is 292 g/mol. The van der Waals surface area contributed by atoms with Crippen LogP contribution in [0.4, 0.5) is 10.5 Å². The highest BCUT2D eigenvalue weighted by Crippen LogP contribution is 2.40. The molecule has 0 aliphatic carbocycles. The first-order valence-electron chi connectivity index (χ1n) is 7.43. The van der Waals surface area contributed by atoms with Crippen LogP contribution < -0.4 is 9.64 Å². The number of fused-ring (bicyclic) bond motifs is 1. The van der Waals surface area contributed by atoms with Gasteiger partial charge in [-0.25, -0.2) is 4.79 Å². The minimum atomic E-state index is -0.992. The van der Waals surface area contributed by atoms with Crippen LogP contribution >= 0.6 is 0 Å². The molecule has 5 nitrogen and oxygen atoms in total. The lowest BCUT2D eigenvalue weighted by Crippen LogP contribution is -2.41. The van der Waals surface area contributed by atoms with Crippen molar-refractivity contribution in [3.63, 3.8) is 0 Å². The zero-order valence-electron chi connectivity index (χ0n) is 12.7. The van der Waals surface area contributed by atoms with Crippen molar-refractivity contribution in [1.29, 1.82) is 5.26 Å². The molecule has 1 amide bonds. The number of amides is 1. The van der Waals surface area contributed by atoms with Gasteiger partial charge in [-0.15, -0.1) is 0 Å². The fourth-order valence-corrected chi connectivity index (χ4v) is 2.91. The van der Waals surface area contributed by atoms with Crippen LogP contribution in [0.25, 0.3) is 0 Å². The van der Waals surface area contributed by atoms with E-state index in [2.05, 4.69) is 6.07 Å². The number of hydrogen-bond donors (Lipinski definition) is 1. The van der Waals surface area contributed by atoms with Gasteiger partial charge >= 0.3 is 6.09 Å². The van der Waals surface area contributed by atoms with Crippen molar-refractivity contribution >= 4 is 11.8 Å². The summed E-state index contributed by atoms with van der Waals surface area (Å²) in [5.74, 6) is 1.08. The summed E-state index contributed by atoms with van der Waals surface area (Å²) in [6.45, 7) is 1.88. The van der Waals surface area contributed by atoms with Gasteiger partial charge in [0.25, 0.3) is 0 Å². The van der Waals surface area contributed by atoms with Crippen LogP contribution in [-0.4, -0.2) is 17.2 Å². The highest BCUT2D eigenvalue weighted by Gasteiger charge is 2.31. The van der Waals surface area contributed by atoms with Gasteiger partial charge < -0.3 is 9.84 Å². The molecule has 0 bridgehead atoms. The molecule has 0 fully saturated rings. The van der Waals surface area contributed by atoms with Gasteiger partial charge in [0, 0.05) is 11.6 Å². The smallest absolute Gasteiger partial charge is 0.412 e. The summed E-state index contributed by atoms with van der Waals surface area (Å²) < 4.78 is 5.92. The maximum atomic E-state index is 11.6. The van der Waals surface area contributed by atoms with E-state index in [9.17, 15) is 15.2 Å². The van der Waals surface area contributed by atoms with Crippen molar-refractivity contribution in [2.24, 2.45) is 0 Å². The van der Waals surface area contributed by atoms with Gasteiger partial charge in [-0.05, 0) is 44.0 Å². The van der Waals surface area contributed by atoms with Gasteiger partial charge in [0.05, 0.1) is 11.3 Å². The Morgan fingerprint density at radius 3 is 2.70 bits per heavy atom. The number of ether oxygens (including phenoxy) is 1. The lowest BCUT2D eigenvalue weighted by Gasteiger charge is -2.34. The molecular formula is C18H16N2O3. The molecule has 1 aliphatic rings. The van der Waals surface area contributed by atoms with E-state index in [1.165, 1.54) is 4.90 Å². The zero-order valence-corrected chi connectivity index (χ0v) is 12.7. The van der Waals surface area contributed by atoms with Crippen molar-refractivity contribution < 1.29 is 14.6 Å². The molecule has 0 saturated carbocycles. The zero-order chi connectivity index (χ0) is 16.4. The first-order valence-corrected chi connectivity index (χ1v) is 7.43. The van der Waals surface area contributed by atoms with E-state index in [0.29, 0.717) is 35.6 Å². The Balaban J connectivity index is 2.12. The van der Waals surface area contributed by atoms with Crippen LogP contribution in [0.15, 0.2) is 42.5 Å². The number of hydrogen-bond acceptors (Lipinski definition) is 3. The number of carboxylic acid groups (broad SMARTS) is 1. The van der Waals surface area contributed by atoms with Gasteiger partial charge in [-0.2, -0.15) is 5.26 Å². The summed E-state index contributed by atoms with van der Waals surface area (Å²) in [5, 5.41) is 18.8. The molecule has 0 spiro atoms. The molecule has 0 saturated heterocycles. The van der Waals surface area contributed by atoms with E-state index < -0.39 is 6.09 Å². The maximum Gasteiger partial charge on any atom is 0.412 e. The van der Waals surface area contributed by atoms with E-state index in [0.717, 1.165) is 5.56 Å². The molecule has 2 aromatic carbocycles. The summed E-state index contributed by atoms with van der Waals surface area (Å²) in [6.07, 6.45) is 0.380. The Bertz CT molecular complexity index is 781. The monoisotopic (exact) mass is 308 g/mol. The second-order valence-electron chi connectivity index (χ2n) is 5.51. The molecule has 0 radical (unpaired) electrons. The Hall–Kier alpha value is -3.00. The summed E-state index contributed by atoms with van der Waals surface area (Å²) in [4.78, 5) is 12.9. The number of carbonyl (C=O) groups is 1. The molecule has 1 aliphatic heterocycles. The van der Waals surface area contributed by atoms with Crippen LogP contribution in [0, 0.1) is 11.3 Å². The van der Waals surface area contributed by atoms with Gasteiger partial charge in [-0.3, -0.25) is 4.90 Å². The average molecular weight is 308 g/mol. The van der Waals surface area contributed by atoms with Crippen LogP contribution in [0.5, 0.6) is 11.5 Å². The van der Waals surface area contributed by atoms with Gasteiger partial charge in [-0.1, -0.05) is 18.2 Å². The molecule has 0 aromatic heterocycles. The Morgan fingerprint density at radius 2 is 2.04 bits per heavy atom. The SMILES string of the molecule is C[C@H]1CCc2c(ccc(C#N)c2Oc2ccccc2)N1C(=O)O. The Morgan fingerprint density at radius 1 is 1.30 bits per heavy atom. The van der Waals surface area contributed by atoms with Gasteiger partial charge in [0.15, 0.2) is 0 Å². The fourth-order valence-electron chi connectivity index (χ4n) is 2.91. The number of nitrogens with zero attached hydrogens (tertiary/aromatic N) is 2. The molecule has 1 atom stereocenters. The van der Waals surface area contributed by atoms with Crippen molar-refractivity contribution in [2.75, 3.05) is 4.90 Å². The highest BCUT2D eigenvalue weighted by atomic mass is 16.5. The first-order chi connectivity index (χ1) is 11.1. The van der Waals surface area contributed by atoms with Crippen molar-refractivity contribution in [3.8, 4) is 17.6 Å². The number of para-hydroxylation sites is 1. The van der Waals surface area contributed by atoms with Crippen molar-refractivity contribution in [3.05, 3.63) is 53.6 Å². The summed E-state index contributed by atoms with van der Waals surface area (Å²) in [6, 6.07) is 14.5. The molecule has 5 heteroatoms. The highest BCUT2D eigenvalue weighted by molar-refractivity contribution is 5.89. The van der Waals surface area contributed by atoms with Crippen LogP contribution in [0.1, 0.15) is 24.5 Å². The molecule has 3 rings (SSSR count). The molecule has 0 unspecified atom stereocenters. The summed E-state index contributed by atoms with van der Waals surface area (Å²) in [7, 11) is 0. The fraction of sp³-hybridized carbons (Fsp3) is 0.222. The van der Waals surface area contributed by atoms with E-state index in [1.54, 1.807) is 24.3 Å². The Kier molecular flexibility index (Phi) is 3.90. The predicted molar refractivity (Wildman–Crippen MR) is 86.0 cm³/mol. The number of anilines is 1. The van der Waals surface area contributed by atoms with Gasteiger partial charge in [0.1, 0.15) is 17.6 Å². The number of benzene rings is 2. The van der Waals surface area contributed by atoms with E-state index >= 15 is 0 Å². The first kappa shape index (κ1) is 14.9. The van der Waals surface area contributed by atoms with Crippen LogP contribution in [-0.2, 0) is 6.42 Å². The largest absolute Gasteiger partial charge is 0.465 e. The lowest BCUT2D eigenvalue weighted by molar-refractivity contribution is 0.198. The molecule has 1 N–H and O–H groups in total. The minimum Gasteiger partial charge on any atom is -0.465 e. The lowest BCUT2D eigenvalue weighted by atomic mass is 9.94. The molecule has 116 valence electrons. The van der Waals surface area contributed by atoms with Crippen LogP contribution in [0.3, 0.4) is 0 Å². The Labute approximate surface area is 134 Å². The van der Waals surface area contributed by atoms with Crippen molar-refractivity contribution in [1.82, 2.24) is 0 Å².